The van der Waals surface area contributed by atoms with Crippen molar-refractivity contribution < 1.29 is 19.5 Å². The van der Waals surface area contributed by atoms with Crippen LogP contribution in [-0.2, 0) is 16.0 Å². The summed E-state index contributed by atoms with van der Waals surface area (Å²) in [7, 11) is 0. The van der Waals surface area contributed by atoms with E-state index in [1.54, 1.807) is 0 Å². The zero-order valence-corrected chi connectivity index (χ0v) is 12.8. The lowest BCUT2D eigenvalue weighted by atomic mass is 10.1. The first-order valence-electron chi connectivity index (χ1n) is 6.83. The molecule has 0 aromatic carbocycles. The minimum absolute atomic E-state index is 0.260. The minimum Gasteiger partial charge on any atom is -0.481 e. The Hall–Kier alpha value is -1.89. The highest BCUT2D eigenvalue weighted by atomic mass is 32.1. The standard InChI is InChI=1S/C14H18N2O4S/c1-3-10-8(2)6-11(21-10)14(20)16-5-4-15-13(19)9(16)7-12(17)18/h6,9H,3-5,7H2,1-2H3,(H,15,19)(H,17,18). The normalized spacial score (nSPS) is 18.5. The fourth-order valence-corrected chi connectivity index (χ4v) is 3.51. The van der Waals surface area contributed by atoms with Crippen LogP contribution in [0.5, 0.6) is 0 Å². The molecule has 0 aliphatic carbocycles. The van der Waals surface area contributed by atoms with E-state index in [0.29, 0.717) is 18.0 Å². The van der Waals surface area contributed by atoms with Crippen LogP contribution in [0, 0.1) is 6.92 Å². The molecule has 0 saturated carbocycles. The molecule has 114 valence electrons. The Morgan fingerprint density at radius 3 is 2.81 bits per heavy atom. The molecule has 7 heteroatoms. The molecule has 0 bridgehead atoms. The van der Waals surface area contributed by atoms with E-state index in [9.17, 15) is 14.4 Å². The molecular weight excluding hydrogens is 292 g/mol. The Labute approximate surface area is 126 Å². The summed E-state index contributed by atoms with van der Waals surface area (Å²) in [5.41, 5.74) is 1.06. The summed E-state index contributed by atoms with van der Waals surface area (Å²) in [6.07, 6.45) is 0.478. The van der Waals surface area contributed by atoms with Crippen molar-refractivity contribution in [1.82, 2.24) is 10.2 Å². The largest absolute Gasteiger partial charge is 0.481 e. The number of thiophene rings is 1. The number of piperazine rings is 1. The molecule has 1 atom stereocenters. The number of hydrogen-bond donors (Lipinski definition) is 2. The molecule has 6 nitrogen and oxygen atoms in total. The number of carboxylic acids is 1. The van der Waals surface area contributed by atoms with Crippen LogP contribution in [0.3, 0.4) is 0 Å². The lowest BCUT2D eigenvalue weighted by molar-refractivity contribution is -0.142. The molecule has 1 aliphatic rings. The average molecular weight is 310 g/mol. The maximum absolute atomic E-state index is 12.6. The monoisotopic (exact) mass is 310 g/mol. The van der Waals surface area contributed by atoms with Gasteiger partial charge in [-0.2, -0.15) is 0 Å². The molecule has 2 amide bonds. The lowest BCUT2D eigenvalue weighted by Gasteiger charge is -2.33. The fourth-order valence-electron chi connectivity index (χ4n) is 2.44. The summed E-state index contributed by atoms with van der Waals surface area (Å²) in [4.78, 5) is 38.4. The van der Waals surface area contributed by atoms with Crippen molar-refractivity contribution in [1.29, 1.82) is 0 Å². The molecule has 1 aromatic heterocycles. The van der Waals surface area contributed by atoms with E-state index in [2.05, 4.69) is 5.32 Å². The van der Waals surface area contributed by atoms with Gasteiger partial charge < -0.3 is 15.3 Å². The first-order valence-corrected chi connectivity index (χ1v) is 7.65. The summed E-state index contributed by atoms with van der Waals surface area (Å²) in [5, 5.41) is 11.5. The highest BCUT2D eigenvalue weighted by Gasteiger charge is 2.35. The van der Waals surface area contributed by atoms with Gasteiger partial charge in [-0.1, -0.05) is 6.92 Å². The molecular formula is C14H18N2O4S. The van der Waals surface area contributed by atoms with E-state index in [1.807, 2.05) is 19.9 Å². The van der Waals surface area contributed by atoms with Gasteiger partial charge in [-0.15, -0.1) is 11.3 Å². The number of carbonyl (C=O) groups excluding carboxylic acids is 2. The SMILES string of the molecule is CCc1sc(C(=O)N2CCNC(=O)C2CC(=O)O)cc1C. The van der Waals surface area contributed by atoms with Gasteiger partial charge in [-0.25, -0.2) is 0 Å². The van der Waals surface area contributed by atoms with Crippen LogP contribution in [-0.4, -0.2) is 46.9 Å². The smallest absolute Gasteiger partial charge is 0.305 e. The van der Waals surface area contributed by atoms with E-state index in [1.165, 1.54) is 16.2 Å². The van der Waals surface area contributed by atoms with E-state index in [4.69, 9.17) is 5.11 Å². The van der Waals surface area contributed by atoms with Crippen molar-refractivity contribution in [3.63, 3.8) is 0 Å². The van der Waals surface area contributed by atoms with Crippen molar-refractivity contribution in [3.05, 3.63) is 21.4 Å². The van der Waals surface area contributed by atoms with Gasteiger partial charge >= 0.3 is 5.97 Å². The molecule has 1 fully saturated rings. The van der Waals surface area contributed by atoms with E-state index >= 15 is 0 Å². The molecule has 1 saturated heterocycles. The topological polar surface area (TPSA) is 86.7 Å². The third-order valence-electron chi connectivity index (χ3n) is 3.51. The number of aliphatic carboxylic acids is 1. The first kappa shape index (κ1) is 15.5. The molecule has 1 aromatic rings. The van der Waals surface area contributed by atoms with E-state index in [-0.39, 0.29) is 12.3 Å². The van der Waals surface area contributed by atoms with E-state index in [0.717, 1.165) is 16.9 Å². The second-order valence-electron chi connectivity index (χ2n) is 4.97. The summed E-state index contributed by atoms with van der Waals surface area (Å²) in [6, 6.07) is 0.882. The predicted octanol–water partition coefficient (Wildman–Crippen LogP) is 1.03. The molecule has 1 unspecified atom stereocenters. The van der Waals surface area contributed by atoms with Gasteiger partial charge in [0.1, 0.15) is 6.04 Å². The van der Waals surface area contributed by atoms with Crippen LogP contribution in [0.2, 0.25) is 0 Å². The summed E-state index contributed by atoms with van der Waals surface area (Å²) in [5.74, 6) is -1.75. The van der Waals surface area contributed by atoms with Crippen LogP contribution in [0.15, 0.2) is 6.07 Å². The van der Waals surface area contributed by atoms with Crippen molar-refractivity contribution in [2.45, 2.75) is 32.7 Å². The van der Waals surface area contributed by atoms with Crippen LogP contribution in [0.1, 0.15) is 33.5 Å². The maximum atomic E-state index is 12.6. The van der Waals surface area contributed by atoms with Gasteiger partial charge in [-0.3, -0.25) is 14.4 Å². The van der Waals surface area contributed by atoms with Gasteiger partial charge in [0.15, 0.2) is 0 Å². The summed E-state index contributed by atoms with van der Waals surface area (Å²) >= 11 is 1.41. The number of hydrogen-bond acceptors (Lipinski definition) is 4. The van der Waals surface area contributed by atoms with Gasteiger partial charge in [0.05, 0.1) is 11.3 Å². The number of nitrogens with one attached hydrogen (secondary N) is 1. The fraction of sp³-hybridized carbons (Fsp3) is 0.500. The van der Waals surface area contributed by atoms with Gasteiger partial charge in [0.2, 0.25) is 5.91 Å². The van der Waals surface area contributed by atoms with Crippen LogP contribution < -0.4 is 5.32 Å². The number of rotatable bonds is 4. The molecule has 2 heterocycles. The Kier molecular flexibility index (Phi) is 4.62. The number of nitrogens with zero attached hydrogens (tertiary/aromatic N) is 1. The Morgan fingerprint density at radius 1 is 1.52 bits per heavy atom. The zero-order chi connectivity index (χ0) is 15.6. The van der Waals surface area contributed by atoms with Crippen molar-refractivity contribution >= 4 is 29.1 Å². The number of carboxylic acid groups (broad SMARTS) is 1. The summed E-state index contributed by atoms with van der Waals surface area (Å²) < 4.78 is 0. The molecule has 1 aliphatic heterocycles. The lowest BCUT2D eigenvalue weighted by Crippen LogP contribution is -2.57. The van der Waals surface area contributed by atoms with Crippen molar-refractivity contribution in [3.8, 4) is 0 Å². The van der Waals surface area contributed by atoms with Crippen molar-refractivity contribution in [2.24, 2.45) is 0 Å². The predicted molar refractivity (Wildman–Crippen MR) is 78.5 cm³/mol. The second kappa shape index (κ2) is 6.26. The maximum Gasteiger partial charge on any atom is 0.305 e. The van der Waals surface area contributed by atoms with Gasteiger partial charge in [0.25, 0.3) is 5.91 Å². The third kappa shape index (κ3) is 3.24. The van der Waals surface area contributed by atoms with E-state index < -0.39 is 17.9 Å². The molecule has 2 N–H and O–H groups in total. The van der Waals surface area contributed by atoms with Gasteiger partial charge in [-0.05, 0) is 25.0 Å². The third-order valence-corrected chi connectivity index (χ3v) is 4.88. The second-order valence-corrected chi connectivity index (χ2v) is 6.11. The highest BCUT2D eigenvalue weighted by molar-refractivity contribution is 7.14. The quantitative estimate of drug-likeness (QED) is 0.870. The molecule has 0 spiro atoms. The zero-order valence-electron chi connectivity index (χ0n) is 12.0. The molecule has 21 heavy (non-hydrogen) atoms. The first-order chi connectivity index (χ1) is 9.93. The molecule has 0 radical (unpaired) electrons. The average Bonchev–Trinajstić information content (AvgIpc) is 2.81. The summed E-state index contributed by atoms with van der Waals surface area (Å²) in [6.45, 7) is 4.66. The van der Waals surface area contributed by atoms with Crippen molar-refractivity contribution in [2.75, 3.05) is 13.1 Å². The van der Waals surface area contributed by atoms with Crippen LogP contribution >= 0.6 is 11.3 Å². The number of amides is 2. The Morgan fingerprint density at radius 2 is 2.24 bits per heavy atom. The number of carbonyl (C=O) groups is 3. The molecule has 2 rings (SSSR count). The number of aryl methyl sites for hydroxylation is 2. The highest BCUT2D eigenvalue weighted by Crippen LogP contribution is 2.25. The van der Waals surface area contributed by atoms with Gasteiger partial charge in [0, 0.05) is 18.0 Å². The van der Waals surface area contributed by atoms with Crippen LogP contribution in [0.4, 0.5) is 0 Å². The Bertz CT molecular complexity index is 582. The minimum atomic E-state index is -1.09. The Balaban J connectivity index is 2.25. The van der Waals surface area contributed by atoms with Crippen LogP contribution in [0.25, 0.3) is 0 Å².